The number of imidazole rings is 1. The summed E-state index contributed by atoms with van der Waals surface area (Å²) >= 11 is 0. The van der Waals surface area contributed by atoms with Crippen LogP contribution in [0.5, 0.6) is 0 Å². The van der Waals surface area contributed by atoms with E-state index in [9.17, 15) is 4.79 Å². The van der Waals surface area contributed by atoms with Gasteiger partial charge in [-0.05, 0) is 25.1 Å². The van der Waals surface area contributed by atoms with Gasteiger partial charge >= 0.3 is 0 Å². The molecule has 72 valence electrons. The summed E-state index contributed by atoms with van der Waals surface area (Å²) in [6, 6.07) is 5.54. The van der Waals surface area contributed by atoms with Gasteiger partial charge in [0.25, 0.3) is 0 Å². The average Bonchev–Trinajstić information content (AvgIpc) is 2.58. The predicted octanol–water partition coefficient (Wildman–Crippen LogP) is 2.33. The number of hydrogen-bond donors (Lipinski definition) is 1. The van der Waals surface area contributed by atoms with Crippen LogP contribution in [0.4, 0.5) is 0 Å². The van der Waals surface area contributed by atoms with Gasteiger partial charge < -0.3 is 4.98 Å². The molecule has 0 spiro atoms. The zero-order valence-corrected chi connectivity index (χ0v) is 8.29. The molecule has 0 radical (unpaired) electrons. The van der Waals surface area contributed by atoms with Gasteiger partial charge in [-0.2, -0.15) is 0 Å². The summed E-state index contributed by atoms with van der Waals surface area (Å²) in [5, 5.41) is 0. The average molecular weight is 188 g/mol. The highest BCUT2D eigenvalue weighted by Crippen LogP contribution is 2.14. The molecule has 0 bridgehead atoms. The maximum absolute atomic E-state index is 11.1. The number of Topliss-reactive ketones (excluding diaryl/α,β-unsaturated/α-hetero) is 1. The Kier molecular flexibility index (Phi) is 2.08. The Morgan fingerprint density at radius 2 is 2.29 bits per heavy atom. The van der Waals surface area contributed by atoms with Crippen molar-refractivity contribution in [3.8, 4) is 0 Å². The minimum atomic E-state index is 0.0829. The van der Waals surface area contributed by atoms with Crippen LogP contribution in [0.1, 0.15) is 30.0 Å². The van der Waals surface area contributed by atoms with Crippen LogP contribution in [0.25, 0.3) is 11.0 Å². The van der Waals surface area contributed by atoms with Crippen molar-refractivity contribution in [2.45, 2.75) is 20.3 Å². The molecule has 0 aliphatic rings. The van der Waals surface area contributed by atoms with E-state index in [0.29, 0.717) is 0 Å². The van der Waals surface area contributed by atoms with Crippen molar-refractivity contribution >= 4 is 16.8 Å². The van der Waals surface area contributed by atoms with E-state index in [1.165, 1.54) is 0 Å². The topological polar surface area (TPSA) is 45.8 Å². The van der Waals surface area contributed by atoms with Crippen LogP contribution < -0.4 is 0 Å². The van der Waals surface area contributed by atoms with Crippen molar-refractivity contribution in [2.24, 2.45) is 0 Å². The fraction of sp³-hybridized carbons (Fsp3) is 0.273. The number of rotatable bonds is 2. The molecule has 0 amide bonds. The molecule has 1 N–H and O–H groups in total. The second kappa shape index (κ2) is 3.25. The van der Waals surface area contributed by atoms with Crippen molar-refractivity contribution in [1.29, 1.82) is 0 Å². The summed E-state index contributed by atoms with van der Waals surface area (Å²) < 4.78 is 0. The molecule has 14 heavy (non-hydrogen) atoms. The minimum Gasteiger partial charge on any atom is -0.342 e. The molecule has 1 heterocycles. The lowest BCUT2D eigenvalue weighted by Gasteiger charge is -1.93. The van der Waals surface area contributed by atoms with Crippen molar-refractivity contribution in [1.82, 2.24) is 9.97 Å². The molecule has 1 aromatic carbocycles. The third-order valence-corrected chi connectivity index (χ3v) is 2.27. The Morgan fingerprint density at radius 3 is 2.93 bits per heavy atom. The van der Waals surface area contributed by atoms with Gasteiger partial charge in [0.15, 0.2) is 5.78 Å². The summed E-state index contributed by atoms with van der Waals surface area (Å²) in [6.45, 7) is 3.61. The standard InChI is InChI=1S/C11H12N2O/c1-3-11-12-9-5-4-8(7(2)14)6-10(9)13-11/h4-6H,3H2,1-2H3,(H,12,13). The highest BCUT2D eigenvalue weighted by molar-refractivity contribution is 5.97. The number of hydrogen-bond acceptors (Lipinski definition) is 2. The van der Waals surface area contributed by atoms with E-state index >= 15 is 0 Å². The maximum Gasteiger partial charge on any atom is 0.159 e. The van der Waals surface area contributed by atoms with E-state index < -0.39 is 0 Å². The van der Waals surface area contributed by atoms with Crippen LogP contribution in [0.2, 0.25) is 0 Å². The number of ketones is 1. The first-order chi connectivity index (χ1) is 6.70. The first-order valence-corrected chi connectivity index (χ1v) is 4.70. The molecule has 0 aliphatic carbocycles. The first-order valence-electron chi connectivity index (χ1n) is 4.70. The number of aromatic nitrogens is 2. The van der Waals surface area contributed by atoms with Gasteiger partial charge in [0.2, 0.25) is 0 Å². The first kappa shape index (κ1) is 8.94. The summed E-state index contributed by atoms with van der Waals surface area (Å²) in [6.07, 6.45) is 0.879. The Morgan fingerprint density at radius 1 is 1.50 bits per heavy atom. The molecule has 0 unspecified atom stereocenters. The van der Waals surface area contributed by atoms with Crippen LogP contribution in [-0.4, -0.2) is 15.8 Å². The summed E-state index contributed by atoms with van der Waals surface area (Å²) in [5.41, 5.74) is 2.59. The van der Waals surface area contributed by atoms with Crippen LogP contribution in [-0.2, 0) is 6.42 Å². The highest BCUT2D eigenvalue weighted by atomic mass is 16.1. The summed E-state index contributed by atoms with van der Waals surface area (Å²) in [4.78, 5) is 18.7. The van der Waals surface area contributed by atoms with Crippen molar-refractivity contribution in [2.75, 3.05) is 0 Å². The molecular formula is C11H12N2O. The number of nitrogens with one attached hydrogen (secondary N) is 1. The minimum absolute atomic E-state index is 0.0829. The third-order valence-electron chi connectivity index (χ3n) is 2.27. The molecule has 0 atom stereocenters. The molecule has 3 nitrogen and oxygen atoms in total. The highest BCUT2D eigenvalue weighted by Gasteiger charge is 2.04. The molecule has 0 aliphatic heterocycles. The van der Waals surface area contributed by atoms with Crippen LogP contribution in [0.3, 0.4) is 0 Å². The number of fused-ring (bicyclic) bond motifs is 1. The zero-order chi connectivity index (χ0) is 10.1. The third kappa shape index (κ3) is 1.41. The van der Waals surface area contributed by atoms with Gasteiger partial charge in [-0.15, -0.1) is 0 Å². The van der Waals surface area contributed by atoms with Crippen LogP contribution in [0.15, 0.2) is 18.2 Å². The second-order valence-electron chi connectivity index (χ2n) is 3.33. The van der Waals surface area contributed by atoms with E-state index in [4.69, 9.17) is 0 Å². The van der Waals surface area contributed by atoms with Crippen molar-refractivity contribution in [3.63, 3.8) is 0 Å². The largest absolute Gasteiger partial charge is 0.342 e. The lowest BCUT2D eigenvalue weighted by Crippen LogP contribution is -1.90. The lowest BCUT2D eigenvalue weighted by atomic mass is 10.1. The predicted molar refractivity (Wildman–Crippen MR) is 55.5 cm³/mol. The van der Waals surface area contributed by atoms with Gasteiger partial charge in [-0.1, -0.05) is 6.92 Å². The van der Waals surface area contributed by atoms with E-state index in [1.54, 1.807) is 6.92 Å². The summed E-state index contributed by atoms with van der Waals surface area (Å²) in [7, 11) is 0. The number of H-pyrrole nitrogens is 1. The number of benzene rings is 1. The number of nitrogens with zero attached hydrogens (tertiary/aromatic N) is 1. The monoisotopic (exact) mass is 188 g/mol. The second-order valence-corrected chi connectivity index (χ2v) is 3.33. The molecule has 2 rings (SSSR count). The quantitative estimate of drug-likeness (QED) is 0.735. The summed E-state index contributed by atoms with van der Waals surface area (Å²) in [5.74, 6) is 1.04. The molecule has 1 aromatic heterocycles. The SMILES string of the molecule is CCc1nc2ccc(C(C)=O)cc2[nH]1. The molecule has 0 saturated heterocycles. The molecular weight excluding hydrogens is 176 g/mol. The Labute approximate surface area is 82.2 Å². The number of carbonyl (C=O) groups is 1. The Hall–Kier alpha value is -1.64. The normalized spacial score (nSPS) is 10.7. The van der Waals surface area contributed by atoms with Gasteiger partial charge in [-0.25, -0.2) is 4.98 Å². The van der Waals surface area contributed by atoms with Crippen LogP contribution in [0, 0.1) is 0 Å². The van der Waals surface area contributed by atoms with Gasteiger partial charge in [-0.3, -0.25) is 4.79 Å². The molecule has 3 heteroatoms. The van der Waals surface area contributed by atoms with Gasteiger partial charge in [0.1, 0.15) is 5.82 Å². The lowest BCUT2D eigenvalue weighted by molar-refractivity contribution is 0.101. The smallest absolute Gasteiger partial charge is 0.159 e. The van der Waals surface area contributed by atoms with E-state index in [-0.39, 0.29) is 5.78 Å². The van der Waals surface area contributed by atoms with Gasteiger partial charge in [0, 0.05) is 12.0 Å². The maximum atomic E-state index is 11.1. The zero-order valence-electron chi connectivity index (χ0n) is 8.29. The molecule has 2 aromatic rings. The fourth-order valence-electron chi connectivity index (χ4n) is 1.45. The number of aromatic amines is 1. The Balaban J connectivity index is 2.59. The van der Waals surface area contributed by atoms with Gasteiger partial charge in [0.05, 0.1) is 11.0 Å². The number of aryl methyl sites for hydroxylation is 1. The van der Waals surface area contributed by atoms with E-state index in [0.717, 1.165) is 28.8 Å². The molecule has 0 saturated carbocycles. The van der Waals surface area contributed by atoms with Crippen LogP contribution >= 0.6 is 0 Å². The van der Waals surface area contributed by atoms with Crippen molar-refractivity contribution < 1.29 is 4.79 Å². The van der Waals surface area contributed by atoms with E-state index in [2.05, 4.69) is 9.97 Å². The fourth-order valence-corrected chi connectivity index (χ4v) is 1.45. The van der Waals surface area contributed by atoms with Crippen molar-refractivity contribution in [3.05, 3.63) is 29.6 Å². The Bertz CT molecular complexity index is 485. The number of carbonyl (C=O) groups excluding carboxylic acids is 1. The molecule has 0 fully saturated rings. The van der Waals surface area contributed by atoms with E-state index in [1.807, 2.05) is 25.1 Å².